The second-order valence-corrected chi connectivity index (χ2v) is 6.42. The van der Waals surface area contributed by atoms with Crippen LogP contribution in [0.25, 0.3) is 0 Å². The lowest BCUT2D eigenvalue weighted by atomic mass is 9.94. The van der Waals surface area contributed by atoms with E-state index in [2.05, 4.69) is 35.1 Å². The van der Waals surface area contributed by atoms with Crippen molar-refractivity contribution in [1.29, 1.82) is 0 Å². The van der Waals surface area contributed by atoms with Gasteiger partial charge >= 0.3 is 0 Å². The standard InChI is InChI=1S/C15H23BrN2O/c1-10(2)4-12(9-17)7-15(19)18-14-6-11(3)5-13(16)8-14/h5-6,8,10,12H,4,7,9,17H2,1-3H3,(H,18,19). The Morgan fingerprint density at radius 2 is 2.05 bits per heavy atom. The number of hydrogen-bond acceptors (Lipinski definition) is 2. The first-order valence-electron chi connectivity index (χ1n) is 6.67. The lowest BCUT2D eigenvalue weighted by molar-refractivity contribution is -0.117. The predicted molar refractivity (Wildman–Crippen MR) is 84.1 cm³/mol. The molecule has 1 aromatic carbocycles. The average Bonchev–Trinajstić information content (AvgIpc) is 2.25. The minimum absolute atomic E-state index is 0.0357. The lowest BCUT2D eigenvalue weighted by Crippen LogP contribution is -2.23. The van der Waals surface area contributed by atoms with Crippen LogP contribution in [0.5, 0.6) is 0 Å². The van der Waals surface area contributed by atoms with E-state index in [1.54, 1.807) is 0 Å². The molecule has 3 nitrogen and oxygen atoms in total. The maximum atomic E-state index is 12.0. The first kappa shape index (κ1) is 16.2. The van der Waals surface area contributed by atoms with Crippen molar-refractivity contribution in [3.05, 3.63) is 28.2 Å². The van der Waals surface area contributed by atoms with E-state index < -0.39 is 0 Å². The molecule has 0 aliphatic rings. The number of benzene rings is 1. The van der Waals surface area contributed by atoms with Crippen LogP contribution in [0, 0.1) is 18.8 Å². The van der Waals surface area contributed by atoms with Crippen LogP contribution >= 0.6 is 15.9 Å². The molecule has 19 heavy (non-hydrogen) atoms. The molecule has 0 aliphatic heterocycles. The molecule has 0 radical (unpaired) electrons. The van der Waals surface area contributed by atoms with Crippen LogP contribution in [0.2, 0.25) is 0 Å². The van der Waals surface area contributed by atoms with Gasteiger partial charge in [0.25, 0.3) is 0 Å². The zero-order valence-corrected chi connectivity index (χ0v) is 13.5. The molecule has 1 amide bonds. The summed E-state index contributed by atoms with van der Waals surface area (Å²) < 4.78 is 0.973. The lowest BCUT2D eigenvalue weighted by Gasteiger charge is -2.16. The van der Waals surface area contributed by atoms with Crippen molar-refractivity contribution in [3.8, 4) is 0 Å². The van der Waals surface area contributed by atoms with Crippen molar-refractivity contribution >= 4 is 27.5 Å². The third-order valence-electron chi connectivity index (χ3n) is 2.94. The summed E-state index contributed by atoms with van der Waals surface area (Å²) in [6.45, 7) is 6.86. The monoisotopic (exact) mass is 326 g/mol. The Labute approximate surface area is 124 Å². The summed E-state index contributed by atoms with van der Waals surface area (Å²) in [5.74, 6) is 0.858. The number of aryl methyl sites for hydroxylation is 1. The van der Waals surface area contributed by atoms with Crippen LogP contribution in [0.1, 0.15) is 32.3 Å². The fourth-order valence-corrected chi connectivity index (χ4v) is 2.82. The Morgan fingerprint density at radius 1 is 1.37 bits per heavy atom. The summed E-state index contributed by atoms with van der Waals surface area (Å²) in [7, 11) is 0. The Morgan fingerprint density at radius 3 is 2.58 bits per heavy atom. The van der Waals surface area contributed by atoms with Crippen LogP contribution in [0.4, 0.5) is 5.69 Å². The molecule has 1 unspecified atom stereocenters. The number of carbonyl (C=O) groups is 1. The molecule has 4 heteroatoms. The van der Waals surface area contributed by atoms with E-state index in [0.29, 0.717) is 18.9 Å². The fourth-order valence-electron chi connectivity index (χ4n) is 2.21. The largest absolute Gasteiger partial charge is 0.330 e. The van der Waals surface area contributed by atoms with Gasteiger partial charge in [0.1, 0.15) is 0 Å². The molecule has 0 spiro atoms. The van der Waals surface area contributed by atoms with Gasteiger partial charge in [-0.15, -0.1) is 0 Å². The Balaban J connectivity index is 2.58. The van der Waals surface area contributed by atoms with Gasteiger partial charge in [0.2, 0.25) is 5.91 Å². The van der Waals surface area contributed by atoms with Crippen LogP contribution in [0.3, 0.4) is 0 Å². The van der Waals surface area contributed by atoms with E-state index in [1.807, 2.05) is 25.1 Å². The molecule has 3 N–H and O–H groups in total. The Kier molecular flexibility index (Phi) is 6.52. The van der Waals surface area contributed by atoms with E-state index in [-0.39, 0.29) is 11.8 Å². The second-order valence-electron chi connectivity index (χ2n) is 5.50. The number of nitrogens with one attached hydrogen (secondary N) is 1. The minimum atomic E-state index is 0.0357. The summed E-state index contributed by atoms with van der Waals surface area (Å²) >= 11 is 3.43. The van der Waals surface area contributed by atoms with Crippen molar-refractivity contribution < 1.29 is 4.79 Å². The molecular formula is C15H23BrN2O. The quantitative estimate of drug-likeness (QED) is 0.837. The van der Waals surface area contributed by atoms with Gasteiger partial charge in [0, 0.05) is 16.6 Å². The number of carbonyl (C=O) groups excluding carboxylic acids is 1. The second kappa shape index (κ2) is 7.65. The van der Waals surface area contributed by atoms with Crippen molar-refractivity contribution in [1.82, 2.24) is 0 Å². The van der Waals surface area contributed by atoms with Gasteiger partial charge in [-0.05, 0) is 55.5 Å². The first-order valence-corrected chi connectivity index (χ1v) is 7.47. The highest BCUT2D eigenvalue weighted by molar-refractivity contribution is 9.10. The molecule has 0 aliphatic carbocycles. The van der Waals surface area contributed by atoms with Crippen molar-refractivity contribution in [2.75, 3.05) is 11.9 Å². The van der Waals surface area contributed by atoms with Crippen molar-refractivity contribution in [2.45, 2.75) is 33.6 Å². The van der Waals surface area contributed by atoms with E-state index in [4.69, 9.17) is 5.73 Å². The molecule has 1 aromatic rings. The van der Waals surface area contributed by atoms with Gasteiger partial charge in [-0.3, -0.25) is 4.79 Å². The summed E-state index contributed by atoms with van der Waals surface area (Å²) in [5, 5.41) is 2.94. The molecule has 0 saturated carbocycles. The van der Waals surface area contributed by atoms with Crippen LogP contribution in [-0.4, -0.2) is 12.5 Å². The summed E-state index contributed by atoms with van der Waals surface area (Å²) in [6, 6.07) is 5.88. The molecular weight excluding hydrogens is 304 g/mol. The van der Waals surface area contributed by atoms with Crippen LogP contribution in [-0.2, 0) is 4.79 Å². The molecule has 106 valence electrons. The zero-order chi connectivity index (χ0) is 14.4. The van der Waals surface area contributed by atoms with E-state index in [1.165, 1.54) is 0 Å². The number of amides is 1. The smallest absolute Gasteiger partial charge is 0.224 e. The van der Waals surface area contributed by atoms with Crippen molar-refractivity contribution in [3.63, 3.8) is 0 Å². The third kappa shape index (κ3) is 6.21. The molecule has 1 rings (SSSR count). The van der Waals surface area contributed by atoms with E-state index in [9.17, 15) is 4.79 Å². The maximum absolute atomic E-state index is 12.0. The van der Waals surface area contributed by atoms with Crippen LogP contribution < -0.4 is 11.1 Å². The molecule has 0 saturated heterocycles. The predicted octanol–water partition coefficient (Wildman–Crippen LogP) is 3.71. The SMILES string of the molecule is Cc1cc(Br)cc(NC(=O)CC(CN)CC(C)C)c1. The highest BCUT2D eigenvalue weighted by Crippen LogP contribution is 2.20. The van der Waals surface area contributed by atoms with Crippen molar-refractivity contribution in [2.24, 2.45) is 17.6 Å². The topological polar surface area (TPSA) is 55.1 Å². The summed E-state index contributed by atoms with van der Waals surface area (Å²) in [4.78, 5) is 12.0. The third-order valence-corrected chi connectivity index (χ3v) is 3.40. The number of nitrogens with two attached hydrogens (primary N) is 1. The average molecular weight is 327 g/mol. The van der Waals surface area contributed by atoms with Gasteiger partial charge in [-0.2, -0.15) is 0 Å². The summed E-state index contributed by atoms with van der Waals surface area (Å²) in [5.41, 5.74) is 7.67. The summed E-state index contributed by atoms with van der Waals surface area (Å²) in [6.07, 6.45) is 1.47. The number of halogens is 1. The Bertz CT molecular complexity index is 412. The normalized spacial score (nSPS) is 12.5. The number of anilines is 1. The maximum Gasteiger partial charge on any atom is 0.224 e. The van der Waals surface area contributed by atoms with Gasteiger partial charge in [-0.1, -0.05) is 29.8 Å². The minimum Gasteiger partial charge on any atom is -0.330 e. The van der Waals surface area contributed by atoms with Gasteiger partial charge in [0.05, 0.1) is 0 Å². The number of hydrogen-bond donors (Lipinski definition) is 2. The molecule has 0 aromatic heterocycles. The van der Waals surface area contributed by atoms with Gasteiger partial charge in [-0.25, -0.2) is 0 Å². The highest BCUT2D eigenvalue weighted by atomic mass is 79.9. The highest BCUT2D eigenvalue weighted by Gasteiger charge is 2.14. The van der Waals surface area contributed by atoms with Gasteiger partial charge in [0.15, 0.2) is 0 Å². The number of rotatable bonds is 6. The van der Waals surface area contributed by atoms with E-state index >= 15 is 0 Å². The zero-order valence-electron chi connectivity index (χ0n) is 11.9. The Hall–Kier alpha value is -0.870. The van der Waals surface area contributed by atoms with Crippen LogP contribution in [0.15, 0.2) is 22.7 Å². The first-order chi connectivity index (χ1) is 8.90. The fraction of sp³-hybridized carbons (Fsp3) is 0.533. The van der Waals surface area contributed by atoms with Gasteiger partial charge < -0.3 is 11.1 Å². The van der Waals surface area contributed by atoms with E-state index in [0.717, 1.165) is 22.1 Å². The molecule has 0 fully saturated rings. The molecule has 1 atom stereocenters. The molecule has 0 bridgehead atoms. The molecule has 0 heterocycles.